The van der Waals surface area contributed by atoms with Crippen molar-refractivity contribution in [1.82, 2.24) is 4.31 Å². The minimum atomic E-state index is -3.41. The van der Waals surface area contributed by atoms with Crippen LogP contribution in [-0.4, -0.2) is 37.5 Å². The number of aliphatic hydroxyl groups excluding tert-OH is 1. The van der Waals surface area contributed by atoms with Crippen LogP contribution in [0.3, 0.4) is 0 Å². The summed E-state index contributed by atoms with van der Waals surface area (Å²) in [7, 11) is -3.41. The molecule has 1 aromatic rings. The first-order valence-electron chi connectivity index (χ1n) is 7.05. The molecule has 5 heteroatoms. The summed E-state index contributed by atoms with van der Waals surface area (Å²) in [5.41, 5.74) is 0.798. The predicted octanol–water partition coefficient (Wildman–Crippen LogP) is 1.84. The Kier molecular flexibility index (Phi) is 4.72. The number of hydrogen-bond donors (Lipinski definition) is 1. The summed E-state index contributed by atoms with van der Waals surface area (Å²) in [5.74, 6) is 5.70. The maximum absolute atomic E-state index is 12.6. The fourth-order valence-electron chi connectivity index (χ4n) is 2.35. The van der Waals surface area contributed by atoms with Crippen molar-refractivity contribution < 1.29 is 13.5 Å². The second-order valence-corrected chi connectivity index (χ2v) is 7.99. The Bertz CT molecular complexity index is 651. The van der Waals surface area contributed by atoms with E-state index in [1.807, 2.05) is 0 Å². The largest absolute Gasteiger partial charge is 0.395 e. The Hall–Kier alpha value is -1.35. The molecule has 0 radical (unpaired) electrons. The van der Waals surface area contributed by atoms with Gasteiger partial charge in [0.25, 0.3) is 0 Å². The lowest BCUT2D eigenvalue weighted by molar-refractivity contribution is 0.305. The number of nitrogens with zero attached hydrogens (tertiary/aromatic N) is 1. The highest BCUT2D eigenvalue weighted by molar-refractivity contribution is 7.89. The lowest BCUT2D eigenvalue weighted by atomic mass is 9.93. The van der Waals surface area contributed by atoms with Gasteiger partial charge in [-0.1, -0.05) is 25.7 Å². The van der Waals surface area contributed by atoms with Crippen LogP contribution in [0.15, 0.2) is 29.2 Å². The van der Waals surface area contributed by atoms with Gasteiger partial charge in [0.05, 0.1) is 11.5 Å². The van der Waals surface area contributed by atoms with Crippen molar-refractivity contribution in [3.63, 3.8) is 0 Å². The van der Waals surface area contributed by atoms with Gasteiger partial charge in [-0.05, 0) is 36.1 Å². The van der Waals surface area contributed by atoms with Gasteiger partial charge in [0.1, 0.15) is 0 Å². The van der Waals surface area contributed by atoms with Gasteiger partial charge in [-0.3, -0.25) is 0 Å². The van der Waals surface area contributed by atoms with Crippen molar-refractivity contribution in [1.29, 1.82) is 0 Å². The summed E-state index contributed by atoms with van der Waals surface area (Å²) >= 11 is 0. The molecule has 0 aliphatic carbocycles. The predicted molar refractivity (Wildman–Crippen MR) is 82.2 cm³/mol. The molecule has 0 atom stereocenters. The summed E-state index contributed by atoms with van der Waals surface area (Å²) in [6.07, 6.45) is 1.31. The molecule has 0 saturated carbocycles. The van der Waals surface area contributed by atoms with Crippen LogP contribution >= 0.6 is 0 Å². The molecule has 1 heterocycles. The Balaban J connectivity index is 2.17. The molecule has 4 nitrogen and oxygen atoms in total. The van der Waals surface area contributed by atoms with Crippen LogP contribution in [0.1, 0.15) is 32.3 Å². The molecule has 0 aromatic heterocycles. The van der Waals surface area contributed by atoms with E-state index in [2.05, 4.69) is 25.7 Å². The quantitative estimate of drug-likeness (QED) is 0.867. The summed E-state index contributed by atoms with van der Waals surface area (Å²) in [5, 5.41) is 8.67. The van der Waals surface area contributed by atoms with Crippen LogP contribution in [-0.2, 0) is 10.0 Å². The van der Waals surface area contributed by atoms with Crippen molar-refractivity contribution in [3.05, 3.63) is 29.8 Å². The summed E-state index contributed by atoms with van der Waals surface area (Å²) in [4.78, 5) is 0.313. The van der Waals surface area contributed by atoms with Gasteiger partial charge in [0.2, 0.25) is 10.0 Å². The molecule has 1 aliphatic rings. The second-order valence-electron chi connectivity index (χ2n) is 6.05. The molecule has 114 valence electrons. The van der Waals surface area contributed by atoms with Crippen LogP contribution < -0.4 is 0 Å². The molecule has 1 fully saturated rings. The van der Waals surface area contributed by atoms with Gasteiger partial charge in [-0.25, -0.2) is 8.42 Å². The molecule has 0 amide bonds. The van der Waals surface area contributed by atoms with Crippen LogP contribution in [0, 0.1) is 17.3 Å². The molecule has 21 heavy (non-hydrogen) atoms. The molecule has 1 aliphatic heterocycles. The molecular formula is C16H21NO3S. The first-order valence-corrected chi connectivity index (χ1v) is 8.49. The third-order valence-electron chi connectivity index (χ3n) is 3.60. The average molecular weight is 307 g/mol. The van der Waals surface area contributed by atoms with Gasteiger partial charge < -0.3 is 5.11 Å². The van der Waals surface area contributed by atoms with Crippen molar-refractivity contribution in [2.24, 2.45) is 5.41 Å². The minimum Gasteiger partial charge on any atom is -0.395 e. The molecular weight excluding hydrogens is 286 g/mol. The second kappa shape index (κ2) is 6.18. The van der Waals surface area contributed by atoms with Crippen LogP contribution in [0.2, 0.25) is 0 Å². The molecule has 1 saturated heterocycles. The van der Waals surface area contributed by atoms with Crippen molar-refractivity contribution in [2.75, 3.05) is 19.7 Å². The average Bonchev–Trinajstić information content (AvgIpc) is 2.81. The van der Waals surface area contributed by atoms with Crippen molar-refractivity contribution >= 4 is 10.0 Å². The monoisotopic (exact) mass is 307 g/mol. The van der Waals surface area contributed by atoms with E-state index in [9.17, 15) is 8.42 Å². The SMILES string of the molecule is CC1(C)CCN(S(=O)(=O)c2ccc(C#CCCO)cc2)C1. The number of hydrogen-bond acceptors (Lipinski definition) is 3. The zero-order valence-electron chi connectivity index (χ0n) is 12.5. The van der Waals surface area contributed by atoms with Crippen LogP contribution in [0.25, 0.3) is 0 Å². The van der Waals surface area contributed by atoms with Gasteiger partial charge >= 0.3 is 0 Å². The Labute approximate surface area is 126 Å². The van der Waals surface area contributed by atoms with Gasteiger partial charge in [0, 0.05) is 25.1 Å². The van der Waals surface area contributed by atoms with Crippen LogP contribution in [0.5, 0.6) is 0 Å². The minimum absolute atomic E-state index is 0.0320. The fraction of sp³-hybridized carbons (Fsp3) is 0.500. The van der Waals surface area contributed by atoms with Crippen molar-refractivity contribution in [2.45, 2.75) is 31.6 Å². The zero-order chi connectivity index (χ0) is 15.5. The van der Waals surface area contributed by atoms with Gasteiger partial charge in [-0.15, -0.1) is 0 Å². The first-order chi connectivity index (χ1) is 9.85. The number of sulfonamides is 1. The molecule has 2 rings (SSSR count). The fourth-order valence-corrected chi connectivity index (χ4v) is 3.98. The molecule has 0 unspecified atom stereocenters. The third-order valence-corrected chi connectivity index (χ3v) is 5.46. The normalized spacial score (nSPS) is 18.2. The molecule has 0 bridgehead atoms. The highest BCUT2D eigenvalue weighted by Gasteiger charge is 2.36. The van der Waals surface area contributed by atoms with Crippen molar-refractivity contribution in [3.8, 4) is 11.8 Å². The highest BCUT2D eigenvalue weighted by atomic mass is 32.2. The number of rotatable bonds is 3. The number of aliphatic hydroxyl groups is 1. The standard InChI is InChI=1S/C16H21NO3S/c1-16(2)10-11-17(13-16)21(19,20)15-8-6-14(7-9-15)5-3-4-12-18/h6-9,18H,4,10-13H2,1-2H3. The summed E-state index contributed by atoms with van der Waals surface area (Å²) in [6.45, 7) is 5.34. The van der Waals surface area contributed by atoms with E-state index in [1.54, 1.807) is 28.6 Å². The van der Waals surface area contributed by atoms with Gasteiger partial charge in [-0.2, -0.15) is 4.31 Å². The smallest absolute Gasteiger partial charge is 0.243 e. The first kappa shape index (κ1) is 16.0. The maximum Gasteiger partial charge on any atom is 0.243 e. The van der Waals surface area contributed by atoms with E-state index >= 15 is 0 Å². The van der Waals surface area contributed by atoms with Crippen LogP contribution in [0.4, 0.5) is 0 Å². The lowest BCUT2D eigenvalue weighted by Crippen LogP contribution is -2.30. The van der Waals surface area contributed by atoms with E-state index in [1.165, 1.54) is 0 Å². The molecule has 1 aromatic carbocycles. The molecule has 0 spiro atoms. The van der Waals surface area contributed by atoms with Gasteiger partial charge in [0.15, 0.2) is 0 Å². The van der Waals surface area contributed by atoms with E-state index in [0.717, 1.165) is 12.0 Å². The highest BCUT2D eigenvalue weighted by Crippen LogP contribution is 2.32. The summed E-state index contributed by atoms with van der Waals surface area (Å²) < 4.78 is 26.7. The molecule has 1 N–H and O–H groups in total. The van der Waals surface area contributed by atoms with E-state index < -0.39 is 10.0 Å². The Morgan fingerprint density at radius 2 is 1.95 bits per heavy atom. The topological polar surface area (TPSA) is 57.6 Å². The summed E-state index contributed by atoms with van der Waals surface area (Å²) in [6, 6.07) is 6.62. The zero-order valence-corrected chi connectivity index (χ0v) is 13.3. The number of benzene rings is 1. The van der Waals surface area contributed by atoms with E-state index in [0.29, 0.717) is 24.4 Å². The lowest BCUT2D eigenvalue weighted by Gasteiger charge is -2.19. The maximum atomic E-state index is 12.6. The Morgan fingerprint density at radius 1 is 1.29 bits per heavy atom. The van der Waals surface area contributed by atoms with E-state index in [4.69, 9.17) is 5.11 Å². The van der Waals surface area contributed by atoms with E-state index in [-0.39, 0.29) is 12.0 Å². The Morgan fingerprint density at radius 3 is 2.48 bits per heavy atom. The third kappa shape index (κ3) is 3.85.